The smallest absolute Gasteiger partial charge is 0.260 e. The minimum atomic E-state index is -0.800. The number of hydrogen-bond donors (Lipinski definition) is 1. The van der Waals surface area contributed by atoms with Gasteiger partial charge in [-0.05, 0) is 38.5 Å². The lowest BCUT2D eigenvalue weighted by Crippen LogP contribution is -2.41. The van der Waals surface area contributed by atoms with Gasteiger partial charge in [-0.15, -0.1) is 0 Å². The molecular formula is C15H20FNO3. The fourth-order valence-corrected chi connectivity index (χ4v) is 1.80. The van der Waals surface area contributed by atoms with Crippen molar-refractivity contribution in [3.05, 3.63) is 29.6 Å². The van der Waals surface area contributed by atoms with Crippen molar-refractivity contribution in [2.75, 3.05) is 0 Å². The summed E-state index contributed by atoms with van der Waals surface area (Å²) in [4.78, 5) is 22.4. The van der Waals surface area contributed by atoms with Gasteiger partial charge in [0.15, 0.2) is 17.7 Å². The summed E-state index contributed by atoms with van der Waals surface area (Å²) in [5.41, 5.74) is 0.225. The van der Waals surface area contributed by atoms with Crippen LogP contribution in [0.3, 0.4) is 0 Å². The van der Waals surface area contributed by atoms with Gasteiger partial charge in [0.05, 0.1) is 0 Å². The van der Waals surface area contributed by atoms with Crippen LogP contribution in [0.4, 0.5) is 4.39 Å². The maximum absolute atomic E-state index is 13.6. The molecule has 5 heteroatoms. The van der Waals surface area contributed by atoms with Crippen molar-refractivity contribution in [1.29, 1.82) is 0 Å². The first-order valence-electron chi connectivity index (χ1n) is 6.69. The quantitative estimate of drug-likeness (QED) is 0.782. The molecule has 0 saturated heterocycles. The molecule has 0 saturated carbocycles. The monoisotopic (exact) mass is 281 g/mol. The highest BCUT2D eigenvalue weighted by molar-refractivity contribution is 5.81. The van der Waals surface area contributed by atoms with E-state index in [4.69, 9.17) is 4.74 Å². The Kier molecular flexibility index (Phi) is 6.15. The highest BCUT2D eigenvalue weighted by atomic mass is 19.1. The van der Waals surface area contributed by atoms with Crippen LogP contribution in [0.5, 0.6) is 5.75 Å². The molecule has 1 amide bonds. The predicted molar refractivity (Wildman–Crippen MR) is 74.4 cm³/mol. The fourth-order valence-electron chi connectivity index (χ4n) is 1.80. The molecule has 0 radical (unpaired) electrons. The van der Waals surface area contributed by atoms with E-state index in [9.17, 15) is 14.0 Å². The van der Waals surface area contributed by atoms with Crippen molar-refractivity contribution in [2.45, 2.75) is 45.8 Å². The van der Waals surface area contributed by atoms with Crippen LogP contribution in [0.2, 0.25) is 0 Å². The number of rotatable bonds is 7. The summed E-state index contributed by atoms with van der Waals surface area (Å²) in [6.45, 7) is 5.50. The molecule has 0 aliphatic heterocycles. The molecule has 0 bridgehead atoms. The number of amides is 1. The summed E-state index contributed by atoms with van der Waals surface area (Å²) in [6, 6.07) is 3.92. The molecule has 2 atom stereocenters. The molecule has 0 fully saturated rings. The molecule has 1 aromatic carbocycles. The summed E-state index contributed by atoms with van der Waals surface area (Å²) >= 11 is 0. The van der Waals surface area contributed by atoms with Gasteiger partial charge in [0.1, 0.15) is 6.29 Å². The van der Waals surface area contributed by atoms with E-state index < -0.39 is 11.9 Å². The Hall–Kier alpha value is -1.91. The van der Waals surface area contributed by atoms with Gasteiger partial charge in [-0.3, -0.25) is 9.59 Å². The average Bonchev–Trinajstić information content (AvgIpc) is 2.41. The largest absolute Gasteiger partial charge is 0.478 e. The highest BCUT2D eigenvalue weighted by Gasteiger charge is 2.18. The van der Waals surface area contributed by atoms with E-state index in [1.807, 2.05) is 13.8 Å². The molecule has 4 nitrogen and oxygen atoms in total. The number of carbonyl (C=O) groups is 2. The van der Waals surface area contributed by atoms with Gasteiger partial charge in [0, 0.05) is 11.6 Å². The van der Waals surface area contributed by atoms with Gasteiger partial charge in [-0.1, -0.05) is 13.3 Å². The summed E-state index contributed by atoms with van der Waals surface area (Å²) in [7, 11) is 0. The number of aldehydes is 1. The van der Waals surface area contributed by atoms with Gasteiger partial charge >= 0.3 is 0 Å². The number of nitrogens with one attached hydrogen (secondary N) is 1. The van der Waals surface area contributed by atoms with E-state index in [1.54, 1.807) is 6.92 Å². The summed E-state index contributed by atoms with van der Waals surface area (Å²) in [5.74, 6) is -0.984. The van der Waals surface area contributed by atoms with Crippen molar-refractivity contribution < 1.29 is 18.7 Å². The number of benzene rings is 1. The van der Waals surface area contributed by atoms with E-state index in [0.29, 0.717) is 6.29 Å². The molecule has 0 heterocycles. The fraction of sp³-hybridized carbons (Fsp3) is 0.467. The molecule has 1 N–H and O–H groups in total. The molecule has 0 aliphatic carbocycles. The molecular weight excluding hydrogens is 261 g/mol. The maximum atomic E-state index is 13.6. The first kappa shape index (κ1) is 16.1. The first-order valence-corrected chi connectivity index (χ1v) is 6.69. The van der Waals surface area contributed by atoms with E-state index in [0.717, 1.165) is 18.9 Å². The maximum Gasteiger partial charge on any atom is 0.260 e. The second-order valence-corrected chi connectivity index (χ2v) is 4.77. The van der Waals surface area contributed by atoms with Crippen LogP contribution in [0.1, 0.15) is 44.0 Å². The third-order valence-electron chi connectivity index (χ3n) is 2.88. The molecule has 20 heavy (non-hydrogen) atoms. The van der Waals surface area contributed by atoms with Crippen LogP contribution in [0.25, 0.3) is 0 Å². The van der Waals surface area contributed by atoms with Crippen molar-refractivity contribution in [3.8, 4) is 5.75 Å². The van der Waals surface area contributed by atoms with E-state index in [-0.39, 0.29) is 23.3 Å². The second-order valence-electron chi connectivity index (χ2n) is 4.77. The Morgan fingerprint density at radius 3 is 2.70 bits per heavy atom. The van der Waals surface area contributed by atoms with Crippen LogP contribution in [-0.4, -0.2) is 24.3 Å². The lowest BCUT2D eigenvalue weighted by atomic mass is 10.2. The number of hydrogen-bond acceptors (Lipinski definition) is 3. The van der Waals surface area contributed by atoms with Crippen LogP contribution in [0, 0.1) is 5.82 Å². The van der Waals surface area contributed by atoms with Gasteiger partial charge in [0.25, 0.3) is 5.91 Å². The zero-order chi connectivity index (χ0) is 15.1. The Balaban J connectivity index is 2.63. The zero-order valence-electron chi connectivity index (χ0n) is 12.0. The molecule has 0 aromatic heterocycles. The number of carbonyl (C=O) groups excluding carboxylic acids is 2. The SMILES string of the molecule is CCCC(C)NC(=O)C(C)Oc1ccc(C=O)cc1F. The Morgan fingerprint density at radius 1 is 1.45 bits per heavy atom. The standard InChI is InChI=1S/C15H20FNO3/c1-4-5-10(2)17-15(19)11(3)20-14-7-6-12(9-18)8-13(14)16/h6-11H,4-5H2,1-3H3,(H,17,19). The Morgan fingerprint density at radius 2 is 2.15 bits per heavy atom. The third kappa shape index (κ3) is 4.64. The lowest BCUT2D eigenvalue weighted by Gasteiger charge is -2.18. The highest BCUT2D eigenvalue weighted by Crippen LogP contribution is 2.19. The van der Waals surface area contributed by atoms with Crippen LogP contribution in [0.15, 0.2) is 18.2 Å². The number of ether oxygens (including phenoxy) is 1. The number of halogens is 1. The normalized spacial score (nSPS) is 13.4. The summed E-state index contributed by atoms with van der Waals surface area (Å²) < 4.78 is 18.9. The van der Waals surface area contributed by atoms with Gasteiger partial charge < -0.3 is 10.1 Å². The zero-order valence-corrected chi connectivity index (χ0v) is 12.0. The summed E-state index contributed by atoms with van der Waals surface area (Å²) in [6.07, 6.45) is 1.60. The van der Waals surface area contributed by atoms with E-state index in [1.165, 1.54) is 12.1 Å². The minimum Gasteiger partial charge on any atom is -0.478 e. The van der Waals surface area contributed by atoms with Crippen molar-refractivity contribution >= 4 is 12.2 Å². The van der Waals surface area contributed by atoms with Crippen LogP contribution in [-0.2, 0) is 4.79 Å². The van der Waals surface area contributed by atoms with E-state index in [2.05, 4.69) is 5.32 Å². The van der Waals surface area contributed by atoms with Crippen molar-refractivity contribution in [3.63, 3.8) is 0 Å². The third-order valence-corrected chi connectivity index (χ3v) is 2.88. The lowest BCUT2D eigenvalue weighted by molar-refractivity contribution is -0.128. The Bertz CT molecular complexity index is 476. The van der Waals surface area contributed by atoms with Crippen LogP contribution < -0.4 is 10.1 Å². The molecule has 1 aromatic rings. The topological polar surface area (TPSA) is 55.4 Å². The molecule has 0 spiro atoms. The Labute approximate surface area is 118 Å². The summed E-state index contributed by atoms with van der Waals surface area (Å²) in [5, 5.41) is 2.80. The van der Waals surface area contributed by atoms with Gasteiger partial charge in [-0.2, -0.15) is 0 Å². The molecule has 2 unspecified atom stereocenters. The van der Waals surface area contributed by atoms with Crippen molar-refractivity contribution in [2.24, 2.45) is 0 Å². The average molecular weight is 281 g/mol. The first-order chi connectivity index (χ1) is 9.47. The molecule has 1 rings (SSSR count). The van der Waals surface area contributed by atoms with E-state index >= 15 is 0 Å². The predicted octanol–water partition coefficient (Wildman–Crippen LogP) is 2.71. The van der Waals surface area contributed by atoms with Crippen LogP contribution >= 0.6 is 0 Å². The van der Waals surface area contributed by atoms with Gasteiger partial charge in [-0.25, -0.2) is 4.39 Å². The second kappa shape index (κ2) is 7.62. The molecule has 110 valence electrons. The van der Waals surface area contributed by atoms with Crippen molar-refractivity contribution in [1.82, 2.24) is 5.32 Å². The minimum absolute atomic E-state index is 0.0404. The van der Waals surface area contributed by atoms with Gasteiger partial charge in [0.2, 0.25) is 0 Å². The molecule has 0 aliphatic rings.